The van der Waals surface area contributed by atoms with Gasteiger partial charge in [0.25, 0.3) is 0 Å². The molecule has 1 N–H and O–H groups in total. The minimum absolute atomic E-state index is 0.188. The molecule has 11 nitrogen and oxygen atoms in total. The number of carbonyl (C=O) groups is 1. The normalized spacial score (nSPS) is 18.5. The lowest BCUT2D eigenvalue weighted by molar-refractivity contribution is -0.0145. The summed E-state index contributed by atoms with van der Waals surface area (Å²) in [6.07, 6.45) is 3.66. The lowest BCUT2D eigenvalue weighted by Gasteiger charge is -2.30. The van der Waals surface area contributed by atoms with Crippen LogP contribution in [-0.2, 0) is 28.4 Å². The fourth-order valence-electron chi connectivity index (χ4n) is 3.23. The van der Waals surface area contributed by atoms with E-state index in [1.54, 1.807) is 0 Å². The van der Waals surface area contributed by atoms with Gasteiger partial charge in [0, 0.05) is 24.1 Å². The van der Waals surface area contributed by atoms with Crippen LogP contribution in [0.3, 0.4) is 0 Å². The standard InChI is InChI=1S/C22H42N4O7/c1-22(2,3)33-21(27)25-20-6-4-19(5-7-20)18-32-17-16-31-15-14-30-13-12-29-11-10-28-9-8-24-26-23/h19-20H,4-18H2,1-3H3,(H,25,27)/t19-,20-. The van der Waals surface area contributed by atoms with Crippen LogP contribution in [0, 0.1) is 5.92 Å². The highest BCUT2D eigenvalue weighted by atomic mass is 16.6. The van der Waals surface area contributed by atoms with Crippen LogP contribution in [-0.4, -0.2) is 90.3 Å². The molecule has 1 rings (SSSR count). The minimum Gasteiger partial charge on any atom is -0.444 e. The van der Waals surface area contributed by atoms with E-state index < -0.39 is 5.60 Å². The highest BCUT2D eigenvalue weighted by Crippen LogP contribution is 2.24. The van der Waals surface area contributed by atoms with Crippen molar-refractivity contribution in [2.24, 2.45) is 11.0 Å². The second-order valence-electron chi connectivity index (χ2n) is 8.84. The predicted octanol–water partition coefficient (Wildman–Crippen LogP) is 3.46. The molecule has 0 unspecified atom stereocenters. The number of ether oxygens (including phenoxy) is 6. The van der Waals surface area contributed by atoms with Gasteiger partial charge in [-0.3, -0.25) is 0 Å². The quantitative estimate of drug-likeness (QED) is 0.139. The van der Waals surface area contributed by atoms with E-state index in [0.29, 0.717) is 71.9 Å². The summed E-state index contributed by atoms with van der Waals surface area (Å²) in [5, 5.41) is 6.33. The highest BCUT2D eigenvalue weighted by Gasteiger charge is 2.24. The van der Waals surface area contributed by atoms with Crippen molar-refractivity contribution in [3.05, 3.63) is 10.4 Å². The third-order valence-electron chi connectivity index (χ3n) is 4.81. The van der Waals surface area contributed by atoms with Crippen molar-refractivity contribution in [3.8, 4) is 0 Å². The second-order valence-corrected chi connectivity index (χ2v) is 8.84. The van der Waals surface area contributed by atoms with Crippen LogP contribution >= 0.6 is 0 Å². The molecule has 1 aliphatic carbocycles. The molecule has 1 fully saturated rings. The Morgan fingerprint density at radius 1 is 0.848 bits per heavy atom. The lowest BCUT2D eigenvalue weighted by Crippen LogP contribution is -2.41. The Bertz CT molecular complexity index is 545. The molecular weight excluding hydrogens is 432 g/mol. The Kier molecular flexibility index (Phi) is 16.7. The SMILES string of the molecule is CC(C)(C)OC(=O)N[C@H]1CC[C@H](COCCOCCOCCOCCOCCN=[N+]=[N-])CC1. The maximum Gasteiger partial charge on any atom is 0.407 e. The van der Waals surface area contributed by atoms with Crippen LogP contribution in [0.4, 0.5) is 4.79 Å². The van der Waals surface area contributed by atoms with E-state index in [1.807, 2.05) is 20.8 Å². The largest absolute Gasteiger partial charge is 0.444 e. The summed E-state index contributed by atoms with van der Waals surface area (Å²) < 4.78 is 32.6. The van der Waals surface area contributed by atoms with Crippen LogP contribution in [0.15, 0.2) is 5.11 Å². The molecule has 0 aliphatic heterocycles. The molecule has 0 atom stereocenters. The van der Waals surface area contributed by atoms with E-state index in [-0.39, 0.29) is 12.1 Å². The summed E-state index contributed by atoms with van der Waals surface area (Å²) in [6, 6.07) is 0.188. The summed E-state index contributed by atoms with van der Waals surface area (Å²) in [4.78, 5) is 14.5. The van der Waals surface area contributed by atoms with Crippen molar-refractivity contribution in [3.63, 3.8) is 0 Å². The van der Waals surface area contributed by atoms with Crippen molar-refractivity contribution in [2.45, 2.75) is 58.1 Å². The van der Waals surface area contributed by atoms with Gasteiger partial charge in [-0.25, -0.2) is 4.79 Å². The Balaban J connectivity index is 1.82. The van der Waals surface area contributed by atoms with Crippen LogP contribution in [0.1, 0.15) is 46.5 Å². The van der Waals surface area contributed by atoms with Gasteiger partial charge in [0.2, 0.25) is 0 Å². The van der Waals surface area contributed by atoms with Crippen LogP contribution < -0.4 is 5.32 Å². The molecule has 192 valence electrons. The molecule has 0 spiro atoms. The van der Waals surface area contributed by atoms with E-state index >= 15 is 0 Å². The Morgan fingerprint density at radius 2 is 1.33 bits per heavy atom. The van der Waals surface area contributed by atoms with Gasteiger partial charge in [-0.1, -0.05) is 5.11 Å². The maximum absolute atomic E-state index is 11.9. The lowest BCUT2D eigenvalue weighted by atomic mass is 9.86. The zero-order valence-electron chi connectivity index (χ0n) is 20.5. The molecule has 0 heterocycles. The third kappa shape index (κ3) is 18.5. The fraction of sp³-hybridized carbons (Fsp3) is 0.955. The molecule has 0 aromatic rings. The molecular formula is C22H42N4O7. The summed E-state index contributed by atoms with van der Waals surface area (Å²) in [6.45, 7) is 11.2. The molecule has 0 saturated heterocycles. The molecule has 33 heavy (non-hydrogen) atoms. The first-order valence-corrected chi connectivity index (χ1v) is 11.8. The Labute approximate surface area is 197 Å². The molecule has 1 amide bonds. The van der Waals surface area contributed by atoms with Crippen LogP contribution in [0.25, 0.3) is 10.4 Å². The molecule has 0 aromatic heterocycles. The monoisotopic (exact) mass is 474 g/mol. The van der Waals surface area contributed by atoms with Gasteiger partial charge in [0.05, 0.1) is 59.5 Å². The summed E-state index contributed by atoms with van der Waals surface area (Å²) in [7, 11) is 0. The number of alkyl carbamates (subject to hydrolysis) is 1. The first-order valence-electron chi connectivity index (χ1n) is 11.8. The van der Waals surface area contributed by atoms with Gasteiger partial charge in [0.1, 0.15) is 5.60 Å². The van der Waals surface area contributed by atoms with Gasteiger partial charge in [-0.2, -0.15) is 0 Å². The summed E-state index contributed by atoms with van der Waals surface area (Å²) in [5.74, 6) is 0.529. The number of nitrogens with zero attached hydrogens (tertiary/aromatic N) is 3. The Hall–Kier alpha value is -1.62. The van der Waals surface area contributed by atoms with Crippen molar-refractivity contribution in [2.75, 3.05) is 72.6 Å². The van der Waals surface area contributed by atoms with Crippen molar-refractivity contribution in [1.29, 1.82) is 0 Å². The van der Waals surface area contributed by atoms with Gasteiger partial charge in [-0.05, 0) is 57.9 Å². The van der Waals surface area contributed by atoms with Crippen molar-refractivity contribution >= 4 is 6.09 Å². The number of carbonyl (C=O) groups excluding carboxylic acids is 1. The predicted molar refractivity (Wildman–Crippen MR) is 123 cm³/mol. The molecule has 1 aliphatic rings. The van der Waals surface area contributed by atoms with Gasteiger partial charge < -0.3 is 33.7 Å². The number of amides is 1. The molecule has 0 radical (unpaired) electrons. The maximum atomic E-state index is 11.9. The van der Waals surface area contributed by atoms with Gasteiger partial charge in [-0.15, -0.1) is 0 Å². The summed E-state index contributed by atoms with van der Waals surface area (Å²) in [5.41, 5.74) is 7.65. The smallest absolute Gasteiger partial charge is 0.407 e. The van der Waals surface area contributed by atoms with E-state index in [4.69, 9.17) is 34.0 Å². The van der Waals surface area contributed by atoms with Gasteiger partial charge >= 0.3 is 6.09 Å². The van der Waals surface area contributed by atoms with E-state index in [9.17, 15) is 4.79 Å². The molecule has 0 bridgehead atoms. The number of hydrogen-bond donors (Lipinski definition) is 1. The second kappa shape index (κ2) is 18.8. The molecule has 11 heteroatoms. The van der Waals surface area contributed by atoms with E-state index in [1.165, 1.54) is 0 Å². The highest BCUT2D eigenvalue weighted by molar-refractivity contribution is 5.68. The number of hydrogen-bond acceptors (Lipinski definition) is 8. The van der Waals surface area contributed by atoms with E-state index in [2.05, 4.69) is 15.3 Å². The zero-order valence-corrected chi connectivity index (χ0v) is 20.5. The first kappa shape index (κ1) is 29.4. The average molecular weight is 475 g/mol. The Morgan fingerprint density at radius 3 is 1.82 bits per heavy atom. The van der Waals surface area contributed by atoms with Gasteiger partial charge in [0.15, 0.2) is 0 Å². The molecule has 1 saturated carbocycles. The van der Waals surface area contributed by atoms with Crippen molar-refractivity contribution < 1.29 is 33.2 Å². The minimum atomic E-state index is -0.468. The number of azide groups is 1. The molecule has 0 aromatic carbocycles. The fourth-order valence-corrected chi connectivity index (χ4v) is 3.23. The topological polar surface area (TPSA) is 133 Å². The van der Waals surface area contributed by atoms with E-state index in [0.717, 1.165) is 32.3 Å². The summed E-state index contributed by atoms with van der Waals surface area (Å²) >= 11 is 0. The third-order valence-corrected chi connectivity index (χ3v) is 4.81. The van der Waals surface area contributed by atoms with Crippen LogP contribution in [0.5, 0.6) is 0 Å². The first-order chi connectivity index (χ1) is 15.9. The van der Waals surface area contributed by atoms with Crippen molar-refractivity contribution in [1.82, 2.24) is 5.32 Å². The number of rotatable bonds is 18. The zero-order chi connectivity index (χ0) is 24.2. The average Bonchev–Trinajstić information content (AvgIpc) is 2.75. The van der Waals surface area contributed by atoms with Crippen LogP contribution in [0.2, 0.25) is 0 Å². The number of nitrogens with one attached hydrogen (secondary N) is 1.